The molecule has 1 atom stereocenters. The monoisotopic (exact) mass is 240 g/mol. The van der Waals surface area contributed by atoms with E-state index >= 15 is 0 Å². The van der Waals surface area contributed by atoms with E-state index in [0.29, 0.717) is 6.42 Å². The summed E-state index contributed by atoms with van der Waals surface area (Å²) in [5, 5.41) is 11.7. The second-order valence-electron chi connectivity index (χ2n) is 3.87. The van der Waals surface area contributed by atoms with E-state index in [2.05, 4.69) is 11.4 Å². The molecule has 17 heavy (non-hydrogen) atoms. The number of ether oxygens (including phenoxy) is 1. The summed E-state index contributed by atoms with van der Waals surface area (Å²) < 4.78 is 31.0. The number of nitrogens with zero attached hydrogens (tertiary/aromatic N) is 1. The Morgan fingerprint density at radius 2 is 2.18 bits per heavy atom. The lowest BCUT2D eigenvalue weighted by atomic mass is 10.0. The van der Waals surface area contributed by atoms with Crippen LogP contribution in [-0.4, -0.2) is 19.2 Å². The van der Waals surface area contributed by atoms with Crippen molar-refractivity contribution >= 4 is 0 Å². The number of hydrogen-bond acceptors (Lipinski definition) is 3. The first-order chi connectivity index (χ1) is 8.00. The van der Waals surface area contributed by atoms with Crippen LogP contribution in [0.5, 0.6) is 5.75 Å². The Morgan fingerprint density at radius 1 is 1.47 bits per heavy atom. The molecule has 0 aliphatic rings. The third-order valence-corrected chi connectivity index (χ3v) is 2.55. The van der Waals surface area contributed by atoms with Gasteiger partial charge in [-0.15, -0.1) is 0 Å². The lowest BCUT2D eigenvalue weighted by molar-refractivity contribution is 0.262. The molecule has 0 saturated heterocycles. The zero-order valence-corrected chi connectivity index (χ0v) is 9.76. The van der Waals surface area contributed by atoms with Gasteiger partial charge in [-0.2, -0.15) is 5.26 Å². The minimum Gasteiger partial charge on any atom is -0.490 e. The van der Waals surface area contributed by atoms with Gasteiger partial charge in [0.05, 0.1) is 12.7 Å². The second-order valence-corrected chi connectivity index (χ2v) is 3.87. The number of halogens is 2. The first kappa shape index (κ1) is 13.4. The van der Waals surface area contributed by atoms with E-state index in [1.54, 1.807) is 14.0 Å². The Hall–Kier alpha value is -1.67. The van der Waals surface area contributed by atoms with E-state index < -0.39 is 17.2 Å². The van der Waals surface area contributed by atoms with Crippen molar-refractivity contribution in [1.82, 2.24) is 5.32 Å². The van der Waals surface area contributed by atoms with Crippen molar-refractivity contribution in [3.8, 4) is 11.8 Å². The molecule has 0 heterocycles. The summed E-state index contributed by atoms with van der Waals surface area (Å²) in [5.41, 5.74) is -0.712. The Bertz CT molecular complexity index is 431. The van der Waals surface area contributed by atoms with Gasteiger partial charge >= 0.3 is 0 Å². The average molecular weight is 240 g/mol. The Morgan fingerprint density at radius 3 is 2.71 bits per heavy atom. The number of benzene rings is 1. The Labute approximate surface area is 99.0 Å². The molecular weight excluding hydrogens is 226 g/mol. The molecule has 0 spiro atoms. The molecule has 0 saturated carbocycles. The topological polar surface area (TPSA) is 45.0 Å². The SMILES string of the molecule is CNC(C)(C#N)CCOc1ccc(F)cc1F. The molecule has 5 heteroatoms. The van der Waals surface area contributed by atoms with Crippen LogP contribution in [0.3, 0.4) is 0 Å². The fourth-order valence-electron chi connectivity index (χ4n) is 1.19. The van der Waals surface area contributed by atoms with Crippen molar-refractivity contribution in [2.75, 3.05) is 13.7 Å². The zero-order valence-electron chi connectivity index (χ0n) is 9.76. The van der Waals surface area contributed by atoms with Crippen LogP contribution < -0.4 is 10.1 Å². The van der Waals surface area contributed by atoms with E-state index in [0.717, 1.165) is 12.1 Å². The summed E-state index contributed by atoms with van der Waals surface area (Å²) in [4.78, 5) is 0. The number of rotatable bonds is 5. The van der Waals surface area contributed by atoms with Gasteiger partial charge in [-0.05, 0) is 26.1 Å². The summed E-state index contributed by atoms with van der Waals surface area (Å²) in [5.74, 6) is -1.40. The molecule has 1 aromatic rings. The molecular formula is C12H14F2N2O. The van der Waals surface area contributed by atoms with Gasteiger partial charge in [0.15, 0.2) is 11.6 Å². The third-order valence-electron chi connectivity index (χ3n) is 2.55. The van der Waals surface area contributed by atoms with Gasteiger partial charge in [0.1, 0.15) is 11.4 Å². The smallest absolute Gasteiger partial charge is 0.167 e. The molecule has 0 fully saturated rings. The molecule has 92 valence electrons. The Kier molecular flexibility index (Phi) is 4.41. The van der Waals surface area contributed by atoms with Crippen molar-refractivity contribution in [3.05, 3.63) is 29.8 Å². The molecule has 1 aromatic carbocycles. The van der Waals surface area contributed by atoms with Crippen LogP contribution in [0.25, 0.3) is 0 Å². The molecule has 0 amide bonds. The summed E-state index contributed by atoms with van der Waals surface area (Å²) in [6.07, 6.45) is 0.400. The third kappa shape index (κ3) is 3.68. The maximum Gasteiger partial charge on any atom is 0.167 e. The van der Waals surface area contributed by atoms with Crippen LogP contribution in [0.2, 0.25) is 0 Å². The van der Waals surface area contributed by atoms with Crippen molar-refractivity contribution in [1.29, 1.82) is 5.26 Å². The number of nitrogens with one attached hydrogen (secondary N) is 1. The summed E-state index contributed by atoms with van der Waals surface area (Å²) in [6, 6.07) is 5.21. The molecule has 1 N–H and O–H groups in total. The van der Waals surface area contributed by atoms with Gasteiger partial charge in [0.2, 0.25) is 0 Å². The molecule has 0 bridgehead atoms. The first-order valence-corrected chi connectivity index (χ1v) is 5.19. The highest BCUT2D eigenvalue weighted by atomic mass is 19.1. The zero-order chi connectivity index (χ0) is 12.9. The fraction of sp³-hybridized carbons (Fsp3) is 0.417. The summed E-state index contributed by atoms with van der Waals surface area (Å²) in [6.45, 7) is 1.89. The molecule has 1 rings (SSSR count). The van der Waals surface area contributed by atoms with Crippen molar-refractivity contribution in [3.63, 3.8) is 0 Å². The van der Waals surface area contributed by atoms with Crippen molar-refractivity contribution in [2.45, 2.75) is 18.9 Å². The standard InChI is InChI=1S/C12H14F2N2O/c1-12(8-15,16-2)5-6-17-11-4-3-9(13)7-10(11)14/h3-4,7,16H,5-6H2,1-2H3. The summed E-state index contributed by atoms with van der Waals surface area (Å²) in [7, 11) is 1.67. The molecule has 0 aromatic heterocycles. The van der Waals surface area contributed by atoms with Crippen LogP contribution >= 0.6 is 0 Å². The predicted molar refractivity (Wildman–Crippen MR) is 59.5 cm³/mol. The normalized spacial score (nSPS) is 13.8. The van der Waals surface area contributed by atoms with Gasteiger partial charge < -0.3 is 10.1 Å². The maximum absolute atomic E-state index is 13.2. The van der Waals surface area contributed by atoms with Crippen molar-refractivity contribution < 1.29 is 13.5 Å². The Balaban J connectivity index is 2.55. The quantitative estimate of drug-likeness (QED) is 0.858. The lowest BCUT2D eigenvalue weighted by Gasteiger charge is -2.20. The highest BCUT2D eigenvalue weighted by Crippen LogP contribution is 2.18. The number of nitriles is 1. The minimum absolute atomic E-state index is 0.0113. The van der Waals surface area contributed by atoms with Gasteiger partial charge in [0, 0.05) is 12.5 Å². The van der Waals surface area contributed by atoms with Crippen LogP contribution in [0.1, 0.15) is 13.3 Å². The van der Waals surface area contributed by atoms with E-state index in [4.69, 9.17) is 10.00 Å². The minimum atomic E-state index is -0.742. The van der Waals surface area contributed by atoms with E-state index in [1.807, 2.05) is 0 Å². The molecule has 0 aliphatic carbocycles. The van der Waals surface area contributed by atoms with Crippen LogP contribution in [0, 0.1) is 23.0 Å². The van der Waals surface area contributed by atoms with Crippen LogP contribution in [0.15, 0.2) is 18.2 Å². The van der Waals surface area contributed by atoms with Gasteiger partial charge in [-0.1, -0.05) is 0 Å². The molecule has 3 nitrogen and oxygen atoms in total. The molecule has 0 aliphatic heterocycles. The van der Waals surface area contributed by atoms with Crippen molar-refractivity contribution in [2.24, 2.45) is 0 Å². The van der Waals surface area contributed by atoms with E-state index in [-0.39, 0.29) is 12.4 Å². The second kappa shape index (κ2) is 5.60. The van der Waals surface area contributed by atoms with Crippen LogP contribution in [-0.2, 0) is 0 Å². The largest absolute Gasteiger partial charge is 0.490 e. The first-order valence-electron chi connectivity index (χ1n) is 5.19. The van der Waals surface area contributed by atoms with E-state index in [9.17, 15) is 8.78 Å². The van der Waals surface area contributed by atoms with Gasteiger partial charge in [0.25, 0.3) is 0 Å². The number of hydrogen-bond donors (Lipinski definition) is 1. The highest BCUT2D eigenvalue weighted by molar-refractivity contribution is 5.24. The predicted octanol–water partition coefficient (Wildman–Crippen LogP) is 2.24. The fourth-order valence-corrected chi connectivity index (χ4v) is 1.19. The maximum atomic E-state index is 13.2. The molecule has 0 radical (unpaired) electrons. The van der Waals surface area contributed by atoms with Gasteiger partial charge in [-0.3, -0.25) is 0 Å². The van der Waals surface area contributed by atoms with Gasteiger partial charge in [-0.25, -0.2) is 8.78 Å². The van der Waals surface area contributed by atoms with Crippen LogP contribution in [0.4, 0.5) is 8.78 Å². The highest BCUT2D eigenvalue weighted by Gasteiger charge is 2.21. The average Bonchev–Trinajstić information content (AvgIpc) is 2.32. The van der Waals surface area contributed by atoms with E-state index in [1.165, 1.54) is 6.07 Å². The summed E-state index contributed by atoms with van der Waals surface area (Å²) >= 11 is 0. The molecule has 1 unspecified atom stereocenters. The lowest BCUT2D eigenvalue weighted by Crippen LogP contribution is -2.39.